The largest absolute Gasteiger partial charge is 0.497 e. The fourth-order valence-corrected chi connectivity index (χ4v) is 5.48. The molecule has 1 saturated carbocycles. The standard InChI is InChI=1S/C24H31NO2/c1-27-20-13-11-18(12-14-20)22-17-24(19-7-3-2-4-8-19)25(15-16-26)23-10-6-5-9-21(22)23/h2-4,7-8,11-14,21-24,26H,5-6,9-10,15-17H2,1H3. The van der Waals surface area contributed by atoms with Crippen molar-refractivity contribution >= 4 is 0 Å². The second-order valence-electron chi connectivity index (χ2n) is 8.02. The number of rotatable bonds is 5. The van der Waals surface area contributed by atoms with Gasteiger partial charge in [0.2, 0.25) is 0 Å². The van der Waals surface area contributed by atoms with Crippen molar-refractivity contribution in [1.82, 2.24) is 4.90 Å². The van der Waals surface area contributed by atoms with E-state index in [2.05, 4.69) is 59.5 Å². The average molecular weight is 366 g/mol. The molecule has 144 valence electrons. The van der Waals surface area contributed by atoms with E-state index in [1.807, 2.05) is 0 Å². The summed E-state index contributed by atoms with van der Waals surface area (Å²) in [5.41, 5.74) is 2.82. The molecule has 2 aromatic rings. The highest BCUT2D eigenvalue weighted by Crippen LogP contribution is 2.50. The predicted molar refractivity (Wildman–Crippen MR) is 109 cm³/mol. The number of fused-ring (bicyclic) bond motifs is 1. The fraction of sp³-hybridized carbons (Fsp3) is 0.500. The first kappa shape index (κ1) is 18.5. The molecule has 1 aliphatic carbocycles. The molecule has 0 amide bonds. The second kappa shape index (κ2) is 8.45. The van der Waals surface area contributed by atoms with Gasteiger partial charge < -0.3 is 9.84 Å². The van der Waals surface area contributed by atoms with Gasteiger partial charge in [-0.1, -0.05) is 55.3 Å². The molecule has 0 bridgehead atoms. The summed E-state index contributed by atoms with van der Waals surface area (Å²) in [4.78, 5) is 2.61. The van der Waals surface area contributed by atoms with Crippen LogP contribution in [0.25, 0.3) is 0 Å². The summed E-state index contributed by atoms with van der Waals surface area (Å²) < 4.78 is 5.37. The van der Waals surface area contributed by atoms with Crippen LogP contribution in [0.4, 0.5) is 0 Å². The highest BCUT2D eigenvalue weighted by atomic mass is 16.5. The number of likely N-dealkylation sites (tertiary alicyclic amines) is 1. The quantitative estimate of drug-likeness (QED) is 0.828. The summed E-state index contributed by atoms with van der Waals surface area (Å²) in [6, 6.07) is 20.6. The van der Waals surface area contributed by atoms with E-state index in [-0.39, 0.29) is 6.61 Å². The Hall–Kier alpha value is -1.84. The van der Waals surface area contributed by atoms with Crippen LogP contribution in [0.5, 0.6) is 5.75 Å². The third kappa shape index (κ3) is 3.76. The van der Waals surface area contributed by atoms with Gasteiger partial charge in [0.25, 0.3) is 0 Å². The van der Waals surface area contributed by atoms with Crippen molar-refractivity contribution in [3.05, 3.63) is 65.7 Å². The van der Waals surface area contributed by atoms with Crippen LogP contribution in [0, 0.1) is 5.92 Å². The lowest BCUT2D eigenvalue weighted by molar-refractivity contribution is -0.0101. The van der Waals surface area contributed by atoms with Crippen molar-refractivity contribution in [3.63, 3.8) is 0 Å². The summed E-state index contributed by atoms with van der Waals surface area (Å²) in [5, 5.41) is 9.76. The molecule has 1 heterocycles. The zero-order valence-electron chi connectivity index (χ0n) is 16.3. The molecule has 4 atom stereocenters. The Bertz CT molecular complexity index is 715. The minimum Gasteiger partial charge on any atom is -0.497 e. The van der Waals surface area contributed by atoms with Crippen LogP contribution in [0.3, 0.4) is 0 Å². The molecule has 0 radical (unpaired) electrons. The number of ether oxygens (including phenoxy) is 1. The monoisotopic (exact) mass is 365 g/mol. The maximum atomic E-state index is 9.76. The lowest BCUT2D eigenvalue weighted by Crippen LogP contribution is -2.52. The number of benzene rings is 2. The lowest BCUT2D eigenvalue weighted by atomic mass is 9.67. The molecule has 0 aromatic heterocycles. The molecule has 1 aliphatic heterocycles. The van der Waals surface area contributed by atoms with Crippen LogP contribution in [-0.4, -0.2) is 36.3 Å². The zero-order valence-corrected chi connectivity index (χ0v) is 16.3. The molecular formula is C24H31NO2. The van der Waals surface area contributed by atoms with Gasteiger partial charge in [0.15, 0.2) is 0 Å². The smallest absolute Gasteiger partial charge is 0.118 e. The average Bonchev–Trinajstić information content (AvgIpc) is 2.75. The van der Waals surface area contributed by atoms with Crippen LogP contribution in [0.2, 0.25) is 0 Å². The van der Waals surface area contributed by atoms with E-state index in [1.165, 1.54) is 36.8 Å². The first-order valence-corrected chi connectivity index (χ1v) is 10.4. The highest BCUT2D eigenvalue weighted by Gasteiger charge is 2.44. The van der Waals surface area contributed by atoms with E-state index in [1.54, 1.807) is 7.11 Å². The Morgan fingerprint density at radius 1 is 0.963 bits per heavy atom. The van der Waals surface area contributed by atoms with Crippen molar-refractivity contribution < 1.29 is 9.84 Å². The Kier molecular flexibility index (Phi) is 5.80. The number of aliphatic hydroxyl groups is 1. The van der Waals surface area contributed by atoms with Gasteiger partial charge in [0.1, 0.15) is 5.75 Å². The van der Waals surface area contributed by atoms with Crippen molar-refractivity contribution in [2.24, 2.45) is 5.92 Å². The lowest BCUT2D eigenvalue weighted by Gasteiger charge is -2.52. The van der Waals surface area contributed by atoms with Gasteiger partial charge in [-0.3, -0.25) is 4.90 Å². The van der Waals surface area contributed by atoms with Gasteiger partial charge in [0, 0.05) is 18.6 Å². The number of hydrogen-bond donors (Lipinski definition) is 1. The van der Waals surface area contributed by atoms with Gasteiger partial charge in [-0.2, -0.15) is 0 Å². The topological polar surface area (TPSA) is 32.7 Å². The SMILES string of the molecule is COc1ccc(C2CC(c3ccccc3)N(CCO)C3CCCCC23)cc1. The Morgan fingerprint density at radius 2 is 1.70 bits per heavy atom. The molecule has 3 heteroatoms. The van der Waals surface area contributed by atoms with Crippen molar-refractivity contribution in [1.29, 1.82) is 0 Å². The minimum atomic E-state index is 0.236. The van der Waals surface area contributed by atoms with Crippen LogP contribution in [-0.2, 0) is 0 Å². The van der Waals surface area contributed by atoms with Crippen LogP contribution < -0.4 is 4.74 Å². The van der Waals surface area contributed by atoms with E-state index in [0.717, 1.165) is 18.7 Å². The molecule has 1 saturated heterocycles. The third-order valence-electron chi connectivity index (χ3n) is 6.69. The highest BCUT2D eigenvalue weighted by molar-refractivity contribution is 5.32. The first-order valence-electron chi connectivity index (χ1n) is 10.4. The van der Waals surface area contributed by atoms with Crippen molar-refractivity contribution in [3.8, 4) is 5.75 Å². The van der Waals surface area contributed by atoms with E-state index in [9.17, 15) is 5.11 Å². The number of nitrogens with zero attached hydrogens (tertiary/aromatic N) is 1. The Balaban J connectivity index is 1.70. The van der Waals surface area contributed by atoms with E-state index < -0.39 is 0 Å². The number of methoxy groups -OCH3 is 1. The minimum absolute atomic E-state index is 0.236. The fourth-order valence-electron chi connectivity index (χ4n) is 5.48. The molecule has 0 spiro atoms. The van der Waals surface area contributed by atoms with E-state index >= 15 is 0 Å². The molecule has 4 unspecified atom stereocenters. The first-order chi connectivity index (χ1) is 13.3. The maximum Gasteiger partial charge on any atom is 0.118 e. The number of β-amino-alcohol motifs (C(OH)–C–C–N with tert-alkyl or cyclic N) is 1. The van der Waals surface area contributed by atoms with Gasteiger partial charge >= 0.3 is 0 Å². The molecule has 1 N–H and O–H groups in total. The summed E-state index contributed by atoms with van der Waals surface area (Å²) in [5.74, 6) is 2.18. The van der Waals surface area contributed by atoms with Crippen molar-refractivity contribution in [2.45, 2.75) is 50.1 Å². The molecular weight excluding hydrogens is 334 g/mol. The van der Waals surface area contributed by atoms with Gasteiger partial charge in [-0.05, 0) is 54.4 Å². The van der Waals surface area contributed by atoms with Crippen LogP contribution in [0.1, 0.15) is 55.2 Å². The molecule has 2 aliphatic rings. The number of hydrogen-bond acceptors (Lipinski definition) is 3. The van der Waals surface area contributed by atoms with Gasteiger partial charge in [-0.25, -0.2) is 0 Å². The number of piperidine rings is 1. The van der Waals surface area contributed by atoms with Crippen molar-refractivity contribution in [2.75, 3.05) is 20.3 Å². The normalized spacial score (nSPS) is 28.5. The molecule has 2 fully saturated rings. The summed E-state index contributed by atoms with van der Waals surface area (Å²) >= 11 is 0. The second-order valence-corrected chi connectivity index (χ2v) is 8.02. The Morgan fingerprint density at radius 3 is 2.41 bits per heavy atom. The zero-order chi connectivity index (χ0) is 18.6. The van der Waals surface area contributed by atoms with E-state index in [0.29, 0.717) is 23.9 Å². The maximum absolute atomic E-state index is 9.76. The molecule has 2 aromatic carbocycles. The Labute approximate surface area is 163 Å². The van der Waals surface area contributed by atoms with Crippen LogP contribution >= 0.6 is 0 Å². The summed E-state index contributed by atoms with van der Waals surface area (Å²) in [7, 11) is 1.73. The molecule has 3 nitrogen and oxygen atoms in total. The van der Waals surface area contributed by atoms with Gasteiger partial charge in [-0.15, -0.1) is 0 Å². The molecule has 4 rings (SSSR count). The predicted octanol–water partition coefficient (Wildman–Crippen LogP) is 4.78. The molecule has 27 heavy (non-hydrogen) atoms. The van der Waals surface area contributed by atoms with Crippen LogP contribution in [0.15, 0.2) is 54.6 Å². The van der Waals surface area contributed by atoms with E-state index in [4.69, 9.17) is 4.74 Å². The number of aliphatic hydroxyl groups excluding tert-OH is 1. The summed E-state index contributed by atoms with van der Waals surface area (Å²) in [6.45, 7) is 1.01. The third-order valence-corrected chi connectivity index (χ3v) is 6.69. The summed E-state index contributed by atoms with van der Waals surface area (Å²) in [6.07, 6.45) is 6.31. The van der Waals surface area contributed by atoms with Gasteiger partial charge in [0.05, 0.1) is 13.7 Å².